The molecule has 0 saturated heterocycles. The molecule has 2 nitrogen and oxygen atoms in total. The van der Waals surface area contributed by atoms with Gasteiger partial charge >= 0.3 is 5.97 Å². The molecule has 0 bridgehead atoms. The molecule has 0 fully saturated rings. The first-order chi connectivity index (χ1) is 9.02. The molecule has 2 aromatic carbocycles. The van der Waals surface area contributed by atoms with Crippen molar-refractivity contribution in [2.45, 2.75) is 6.92 Å². The normalized spacial score (nSPS) is 10.3. The van der Waals surface area contributed by atoms with Gasteiger partial charge in [-0.1, -0.05) is 18.2 Å². The van der Waals surface area contributed by atoms with Crippen molar-refractivity contribution >= 4 is 5.97 Å². The molecule has 0 aliphatic carbocycles. The number of benzene rings is 2. The van der Waals surface area contributed by atoms with E-state index >= 15 is 0 Å². The van der Waals surface area contributed by atoms with Crippen LogP contribution in [0.25, 0.3) is 11.1 Å². The molecule has 19 heavy (non-hydrogen) atoms. The van der Waals surface area contributed by atoms with Crippen molar-refractivity contribution in [3.63, 3.8) is 0 Å². The quantitative estimate of drug-likeness (QED) is 0.771. The van der Waals surface area contributed by atoms with Crippen molar-refractivity contribution in [1.29, 1.82) is 0 Å². The third-order valence-electron chi connectivity index (χ3n) is 2.80. The zero-order valence-corrected chi connectivity index (χ0v) is 10.5. The van der Waals surface area contributed by atoms with Gasteiger partial charge in [0.25, 0.3) is 0 Å². The maximum absolute atomic E-state index is 13.9. The van der Waals surface area contributed by atoms with Crippen molar-refractivity contribution in [3.8, 4) is 11.1 Å². The Balaban J connectivity index is 2.49. The van der Waals surface area contributed by atoms with Gasteiger partial charge in [0.15, 0.2) is 0 Å². The van der Waals surface area contributed by atoms with Crippen molar-refractivity contribution in [2.24, 2.45) is 0 Å². The molecule has 0 saturated carbocycles. The highest BCUT2D eigenvalue weighted by Crippen LogP contribution is 2.27. The van der Waals surface area contributed by atoms with E-state index in [0.29, 0.717) is 0 Å². The third kappa shape index (κ3) is 2.62. The van der Waals surface area contributed by atoms with E-state index in [0.717, 1.165) is 11.6 Å². The van der Waals surface area contributed by atoms with Gasteiger partial charge in [-0.2, -0.15) is 0 Å². The highest BCUT2D eigenvalue weighted by molar-refractivity contribution is 5.90. The van der Waals surface area contributed by atoms with Crippen LogP contribution in [0.1, 0.15) is 15.9 Å². The molecular weight excluding hydrogens is 250 g/mol. The summed E-state index contributed by atoms with van der Waals surface area (Å²) in [6.07, 6.45) is 0. The molecule has 0 atom stereocenters. The number of rotatable bonds is 2. The van der Waals surface area contributed by atoms with E-state index in [1.165, 1.54) is 31.4 Å². The Bertz CT molecular complexity index is 636. The van der Waals surface area contributed by atoms with E-state index in [1.54, 1.807) is 13.0 Å². The number of methoxy groups -OCH3 is 1. The van der Waals surface area contributed by atoms with E-state index in [4.69, 9.17) is 0 Å². The fourth-order valence-corrected chi connectivity index (χ4v) is 1.82. The van der Waals surface area contributed by atoms with Crippen LogP contribution in [0.2, 0.25) is 0 Å². The van der Waals surface area contributed by atoms with Gasteiger partial charge in [0.2, 0.25) is 0 Å². The number of ether oxygens (including phenoxy) is 1. The van der Waals surface area contributed by atoms with Gasteiger partial charge in [-0.3, -0.25) is 0 Å². The lowest BCUT2D eigenvalue weighted by Gasteiger charge is -2.07. The Morgan fingerprint density at radius 3 is 2.11 bits per heavy atom. The number of aryl methyl sites for hydroxylation is 1. The molecule has 0 aromatic heterocycles. The molecule has 98 valence electrons. The average molecular weight is 262 g/mol. The van der Waals surface area contributed by atoms with Crippen LogP contribution >= 0.6 is 0 Å². The number of hydrogen-bond donors (Lipinski definition) is 0. The highest BCUT2D eigenvalue weighted by Gasteiger charge is 2.13. The Kier molecular flexibility index (Phi) is 3.60. The second-order valence-corrected chi connectivity index (χ2v) is 4.17. The van der Waals surface area contributed by atoms with Crippen LogP contribution in [-0.2, 0) is 4.74 Å². The van der Waals surface area contributed by atoms with Crippen LogP contribution in [0, 0.1) is 18.6 Å². The summed E-state index contributed by atoms with van der Waals surface area (Å²) in [7, 11) is 1.22. The summed E-state index contributed by atoms with van der Waals surface area (Å²) < 4.78 is 32.2. The van der Waals surface area contributed by atoms with Crippen LogP contribution in [0.5, 0.6) is 0 Å². The monoisotopic (exact) mass is 262 g/mol. The molecule has 0 heterocycles. The van der Waals surface area contributed by atoms with Crippen LogP contribution in [0.15, 0.2) is 36.4 Å². The van der Waals surface area contributed by atoms with Crippen LogP contribution in [0.3, 0.4) is 0 Å². The standard InChI is InChI=1S/C15H12F2O2/c1-9-3-5-11(13(16)7-9)12-6-4-10(8-14(12)17)15(18)19-2/h3-8H,1-2H3. The Labute approximate surface area is 109 Å². The van der Waals surface area contributed by atoms with Crippen LogP contribution < -0.4 is 0 Å². The van der Waals surface area contributed by atoms with E-state index in [9.17, 15) is 13.6 Å². The van der Waals surface area contributed by atoms with Gasteiger partial charge in [-0.05, 0) is 30.7 Å². The topological polar surface area (TPSA) is 26.3 Å². The molecule has 0 spiro atoms. The smallest absolute Gasteiger partial charge is 0.337 e. The molecule has 4 heteroatoms. The van der Waals surface area contributed by atoms with Crippen molar-refractivity contribution in [2.75, 3.05) is 7.11 Å². The second-order valence-electron chi connectivity index (χ2n) is 4.17. The maximum Gasteiger partial charge on any atom is 0.337 e. The summed E-state index contributed by atoms with van der Waals surface area (Å²) >= 11 is 0. The number of hydrogen-bond acceptors (Lipinski definition) is 2. The summed E-state index contributed by atoms with van der Waals surface area (Å²) in [6.45, 7) is 1.75. The minimum atomic E-state index is -0.661. The number of halogens is 2. The molecule has 0 aliphatic rings. The number of carbonyl (C=O) groups is 1. The summed E-state index contributed by atoms with van der Waals surface area (Å²) in [4.78, 5) is 11.3. The first kappa shape index (κ1) is 13.2. The summed E-state index contributed by atoms with van der Waals surface area (Å²) in [5.41, 5.74) is 1.13. The van der Waals surface area contributed by atoms with Crippen molar-refractivity contribution in [1.82, 2.24) is 0 Å². The van der Waals surface area contributed by atoms with E-state index < -0.39 is 17.6 Å². The van der Waals surface area contributed by atoms with Crippen molar-refractivity contribution < 1.29 is 18.3 Å². The molecule has 2 rings (SSSR count). The van der Waals surface area contributed by atoms with E-state index in [1.807, 2.05) is 0 Å². The molecule has 0 N–H and O–H groups in total. The summed E-state index contributed by atoms with van der Waals surface area (Å²) in [5.74, 6) is -1.79. The van der Waals surface area contributed by atoms with Crippen molar-refractivity contribution in [3.05, 3.63) is 59.2 Å². The predicted octanol–water partition coefficient (Wildman–Crippen LogP) is 3.73. The maximum atomic E-state index is 13.9. The third-order valence-corrected chi connectivity index (χ3v) is 2.80. The second kappa shape index (κ2) is 5.18. The molecule has 0 unspecified atom stereocenters. The van der Waals surface area contributed by atoms with Crippen LogP contribution in [0.4, 0.5) is 8.78 Å². The lowest BCUT2D eigenvalue weighted by atomic mass is 10.0. The highest BCUT2D eigenvalue weighted by atomic mass is 19.1. The molecule has 0 radical (unpaired) electrons. The molecule has 0 aliphatic heterocycles. The van der Waals surface area contributed by atoms with E-state index in [-0.39, 0.29) is 16.7 Å². The average Bonchev–Trinajstić information content (AvgIpc) is 2.38. The van der Waals surface area contributed by atoms with Gasteiger partial charge in [-0.25, -0.2) is 13.6 Å². The summed E-state index contributed by atoms with van der Waals surface area (Å²) in [5, 5.41) is 0. The minimum absolute atomic E-state index is 0.0938. The molecule has 2 aromatic rings. The van der Waals surface area contributed by atoms with Gasteiger partial charge in [-0.15, -0.1) is 0 Å². The zero-order chi connectivity index (χ0) is 14.0. The predicted molar refractivity (Wildman–Crippen MR) is 67.9 cm³/mol. The molecular formula is C15H12F2O2. The van der Waals surface area contributed by atoms with Gasteiger partial charge in [0, 0.05) is 11.1 Å². The first-order valence-corrected chi connectivity index (χ1v) is 5.67. The minimum Gasteiger partial charge on any atom is -0.465 e. The lowest BCUT2D eigenvalue weighted by molar-refractivity contribution is 0.0600. The van der Waals surface area contributed by atoms with Gasteiger partial charge in [0.1, 0.15) is 11.6 Å². The Morgan fingerprint density at radius 2 is 1.58 bits per heavy atom. The first-order valence-electron chi connectivity index (χ1n) is 5.67. The largest absolute Gasteiger partial charge is 0.465 e. The SMILES string of the molecule is COC(=O)c1ccc(-c2ccc(C)cc2F)c(F)c1. The van der Waals surface area contributed by atoms with Gasteiger partial charge in [0.05, 0.1) is 12.7 Å². The fourth-order valence-electron chi connectivity index (χ4n) is 1.82. The van der Waals surface area contributed by atoms with E-state index in [2.05, 4.69) is 4.74 Å². The summed E-state index contributed by atoms with van der Waals surface area (Å²) in [6, 6.07) is 8.37. The fraction of sp³-hybridized carbons (Fsp3) is 0.133. The zero-order valence-electron chi connectivity index (χ0n) is 10.5. The van der Waals surface area contributed by atoms with Gasteiger partial charge < -0.3 is 4.74 Å². The van der Waals surface area contributed by atoms with Crippen LogP contribution in [-0.4, -0.2) is 13.1 Å². The lowest BCUT2D eigenvalue weighted by Crippen LogP contribution is -2.02. The molecule has 0 amide bonds. The number of carbonyl (C=O) groups excluding carboxylic acids is 1. The Morgan fingerprint density at radius 1 is 1.00 bits per heavy atom. The Hall–Kier alpha value is -2.23. The number of esters is 1.